The molecule has 0 saturated carbocycles. The number of Topliss-reactive ketones (excluding diaryl/α,β-unsaturated/α-hetero) is 1. The first-order valence-electron chi connectivity index (χ1n) is 7.50. The van der Waals surface area contributed by atoms with Crippen LogP contribution in [0.2, 0.25) is 0 Å². The Balaban J connectivity index is 1.72. The Bertz CT molecular complexity index is 665. The normalized spacial score (nSPS) is 15.7. The van der Waals surface area contributed by atoms with Crippen LogP contribution in [0.25, 0.3) is 0 Å². The van der Waals surface area contributed by atoms with Gasteiger partial charge in [-0.15, -0.1) is 8.78 Å². The van der Waals surface area contributed by atoms with E-state index in [0.717, 1.165) is 22.6 Å². The van der Waals surface area contributed by atoms with Crippen LogP contribution in [-0.2, 0) is 10.9 Å². The molecule has 0 radical (unpaired) electrons. The van der Waals surface area contributed by atoms with Gasteiger partial charge < -0.3 is 0 Å². The number of hydrogen-bond donors (Lipinski definition) is 0. The van der Waals surface area contributed by atoms with Gasteiger partial charge in [0.1, 0.15) is 11.5 Å². The monoisotopic (exact) mass is 351 g/mol. The fourth-order valence-electron chi connectivity index (χ4n) is 2.51. The van der Waals surface area contributed by atoms with Crippen molar-refractivity contribution in [3.8, 4) is 0 Å². The van der Waals surface area contributed by atoms with E-state index in [-0.39, 0.29) is 5.56 Å². The Labute approximate surface area is 141 Å². The van der Waals surface area contributed by atoms with E-state index < -0.39 is 21.9 Å². The molecule has 0 unspecified atom stereocenters. The molecule has 1 saturated heterocycles. The lowest BCUT2D eigenvalue weighted by molar-refractivity contribution is 0.0554. The first kappa shape index (κ1) is 16.5. The van der Waals surface area contributed by atoms with E-state index in [9.17, 15) is 13.6 Å². The van der Waals surface area contributed by atoms with E-state index in [2.05, 4.69) is 0 Å². The van der Waals surface area contributed by atoms with E-state index >= 15 is 0 Å². The second-order valence-corrected chi connectivity index (χ2v) is 8.86. The average Bonchev–Trinajstić information content (AvgIpc) is 3.11. The number of benzene rings is 2. The minimum Gasteiger partial charge on any atom is -0.281 e. The first-order valence-corrected chi connectivity index (χ1v) is 9.88. The molecule has 23 heavy (non-hydrogen) atoms. The summed E-state index contributed by atoms with van der Waals surface area (Å²) in [7, 11) is -1.09. The molecule has 0 N–H and O–H groups in total. The predicted octanol–water partition coefficient (Wildman–Crippen LogP) is 5.03. The Kier molecular flexibility index (Phi) is 5.07. The highest BCUT2D eigenvalue weighted by Gasteiger charge is 2.57. The van der Waals surface area contributed by atoms with Gasteiger partial charge in [-0.25, -0.2) is 0 Å². The lowest BCUT2D eigenvalue weighted by atomic mass is 10.1. The summed E-state index contributed by atoms with van der Waals surface area (Å²) in [4.78, 5) is 14.2. The third-order valence-electron chi connectivity index (χ3n) is 3.75. The molecule has 1 nitrogen and oxygen atoms in total. The molecule has 0 amide bonds. The van der Waals surface area contributed by atoms with E-state index in [1.54, 1.807) is 23.9 Å². The second-order valence-electron chi connectivity index (χ2n) is 5.39. The number of halogens is 2. The number of hydrogen-bond acceptors (Lipinski definition) is 2. The molecule has 2 aromatic rings. The van der Waals surface area contributed by atoms with Crippen LogP contribution < -0.4 is 0 Å². The smallest absolute Gasteiger partial charge is 0.281 e. The fraction of sp³-hybridized carbons (Fsp3) is 0.278. The summed E-state index contributed by atoms with van der Waals surface area (Å²) >= 11 is 1.54. The number of ketones is 1. The second kappa shape index (κ2) is 7.05. The van der Waals surface area contributed by atoms with Crippen LogP contribution in [-0.4, -0.2) is 22.5 Å². The van der Waals surface area contributed by atoms with Crippen LogP contribution in [0.1, 0.15) is 23.2 Å². The zero-order chi connectivity index (χ0) is 16.3. The van der Waals surface area contributed by atoms with Crippen molar-refractivity contribution >= 4 is 28.4 Å². The summed E-state index contributed by atoms with van der Waals surface area (Å²) in [5.74, 6) is -0.0829. The predicted molar refractivity (Wildman–Crippen MR) is 92.6 cm³/mol. The number of carbonyl (C=O) groups excluding carboxylic acids is 1. The highest BCUT2D eigenvalue weighted by atomic mass is 32.2. The van der Waals surface area contributed by atoms with Gasteiger partial charge in [0.15, 0.2) is 0 Å². The third-order valence-corrected chi connectivity index (χ3v) is 7.24. The standard InChI is InChI=1S/C18H17F2OS2/c19-18(20,23-12-4-5-13-23)17(21)14-8-10-16(11-9-14)22-15-6-2-1-3-7-15/h1-3,6-11H,4-5,12-13H2/q+1. The topological polar surface area (TPSA) is 17.1 Å². The van der Waals surface area contributed by atoms with Crippen molar-refractivity contribution in [2.45, 2.75) is 27.9 Å². The van der Waals surface area contributed by atoms with Crippen LogP contribution in [0.3, 0.4) is 0 Å². The number of carbonyl (C=O) groups is 1. The molecular formula is C18H17F2OS2+. The summed E-state index contributed by atoms with van der Waals surface area (Å²) < 4.78 is 28.6. The third kappa shape index (κ3) is 3.78. The van der Waals surface area contributed by atoms with Gasteiger partial charge in [-0.05, 0) is 49.2 Å². The van der Waals surface area contributed by atoms with Gasteiger partial charge in [-0.2, -0.15) is 0 Å². The van der Waals surface area contributed by atoms with Crippen molar-refractivity contribution in [3.63, 3.8) is 0 Å². The zero-order valence-electron chi connectivity index (χ0n) is 12.5. The molecule has 0 aromatic heterocycles. The van der Waals surface area contributed by atoms with Gasteiger partial charge in [0.25, 0.3) is 5.78 Å². The largest absolute Gasteiger partial charge is 0.474 e. The van der Waals surface area contributed by atoms with Crippen LogP contribution in [0.5, 0.6) is 0 Å². The summed E-state index contributed by atoms with van der Waals surface area (Å²) in [6, 6.07) is 16.3. The Hall–Kier alpha value is -1.33. The Morgan fingerprint density at radius 2 is 1.48 bits per heavy atom. The van der Waals surface area contributed by atoms with Gasteiger partial charge in [0.2, 0.25) is 0 Å². The molecule has 1 heterocycles. The summed E-state index contributed by atoms with van der Waals surface area (Å²) in [6.45, 7) is 0. The van der Waals surface area contributed by atoms with Crippen molar-refractivity contribution < 1.29 is 13.6 Å². The molecule has 1 fully saturated rings. The van der Waals surface area contributed by atoms with Crippen LogP contribution in [0.15, 0.2) is 64.4 Å². The van der Waals surface area contributed by atoms with Crippen molar-refractivity contribution in [1.29, 1.82) is 0 Å². The SMILES string of the molecule is O=C(c1ccc(Sc2ccccc2)cc1)C(F)(F)[S+]1CCCC1. The minimum absolute atomic E-state index is 0.104. The van der Waals surface area contributed by atoms with Crippen molar-refractivity contribution in [1.82, 2.24) is 0 Å². The maximum absolute atomic E-state index is 14.3. The minimum atomic E-state index is -3.22. The van der Waals surface area contributed by atoms with Gasteiger partial charge in [0.05, 0.1) is 10.9 Å². The number of rotatable bonds is 5. The molecule has 1 aliphatic heterocycles. The molecule has 0 aliphatic carbocycles. The van der Waals surface area contributed by atoms with Crippen molar-refractivity contribution in [3.05, 3.63) is 60.2 Å². The number of alkyl halides is 2. The molecular weight excluding hydrogens is 334 g/mol. The van der Waals surface area contributed by atoms with Crippen molar-refractivity contribution in [2.75, 3.05) is 11.5 Å². The average molecular weight is 351 g/mol. The van der Waals surface area contributed by atoms with Gasteiger partial charge in [0, 0.05) is 15.4 Å². The van der Waals surface area contributed by atoms with Crippen molar-refractivity contribution in [2.24, 2.45) is 0 Å². The first-order chi connectivity index (χ1) is 11.1. The lowest BCUT2D eigenvalue weighted by Gasteiger charge is -2.13. The highest BCUT2D eigenvalue weighted by molar-refractivity contribution is 7.99. The highest BCUT2D eigenvalue weighted by Crippen LogP contribution is 2.34. The maximum atomic E-state index is 14.3. The van der Waals surface area contributed by atoms with E-state index in [0.29, 0.717) is 11.5 Å². The Morgan fingerprint density at radius 1 is 0.913 bits per heavy atom. The molecule has 5 heteroatoms. The molecule has 0 spiro atoms. The molecule has 120 valence electrons. The van der Waals surface area contributed by atoms with Gasteiger partial charge in [-0.3, -0.25) is 4.79 Å². The molecule has 1 aliphatic rings. The van der Waals surface area contributed by atoms with Gasteiger partial charge >= 0.3 is 5.25 Å². The maximum Gasteiger partial charge on any atom is 0.474 e. The molecule has 0 atom stereocenters. The molecule has 0 bridgehead atoms. The summed E-state index contributed by atoms with van der Waals surface area (Å²) in [6.07, 6.45) is 1.61. The van der Waals surface area contributed by atoms with E-state index in [4.69, 9.17) is 0 Å². The van der Waals surface area contributed by atoms with E-state index in [1.807, 2.05) is 30.3 Å². The summed E-state index contributed by atoms with van der Waals surface area (Å²) in [5, 5.41) is -3.22. The summed E-state index contributed by atoms with van der Waals surface area (Å²) in [5.41, 5.74) is 0.104. The van der Waals surface area contributed by atoms with Crippen LogP contribution >= 0.6 is 11.8 Å². The molecule has 2 aromatic carbocycles. The zero-order valence-corrected chi connectivity index (χ0v) is 14.1. The molecule has 3 rings (SSSR count). The lowest BCUT2D eigenvalue weighted by Crippen LogP contribution is -2.39. The van der Waals surface area contributed by atoms with Crippen LogP contribution in [0.4, 0.5) is 8.78 Å². The van der Waals surface area contributed by atoms with Crippen LogP contribution in [0, 0.1) is 0 Å². The van der Waals surface area contributed by atoms with E-state index in [1.165, 1.54) is 12.1 Å². The fourth-order valence-corrected chi connectivity index (χ4v) is 5.55. The quantitative estimate of drug-likeness (QED) is 0.555. The Morgan fingerprint density at radius 3 is 2.09 bits per heavy atom. The van der Waals surface area contributed by atoms with Gasteiger partial charge in [-0.1, -0.05) is 30.0 Å².